The fraction of sp³-hybridized carbons (Fsp3) is 0.143. The van der Waals surface area contributed by atoms with Crippen molar-refractivity contribution in [3.8, 4) is 0 Å². The molecule has 0 radical (unpaired) electrons. The average Bonchev–Trinajstić information content (AvgIpc) is 3.20. The van der Waals surface area contributed by atoms with Crippen molar-refractivity contribution in [1.29, 1.82) is 0 Å². The Labute approximate surface area is 151 Å². The second-order valence-electron chi connectivity index (χ2n) is 6.05. The number of para-hydroxylation sites is 1. The van der Waals surface area contributed by atoms with Gasteiger partial charge in [0.25, 0.3) is 0 Å². The number of hydrogen-bond donors (Lipinski definition) is 0. The van der Waals surface area contributed by atoms with Crippen molar-refractivity contribution >= 4 is 35.2 Å². The summed E-state index contributed by atoms with van der Waals surface area (Å²) in [7, 11) is 0. The lowest BCUT2D eigenvalue weighted by atomic mass is 10.1. The molecule has 1 aliphatic heterocycles. The van der Waals surface area contributed by atoms with E-state index in [9.17, 15) is 9.59 Å². The highest BCUT2D eigenvalue weighted by atomic mass is 32.2. The zero-order chi connectivity index (χ0) is 17.2. The van der Waals surface area contributed by atoms with Gasteiger partial charge in [-0.15, -0.1) is 0 Å². The molecule has 1 heterocycles. The van der Waals surface area contributed by atoms with Crippen LogP contribution >= 0.6 is 11.8 Å². The first-order valence-corrected chi connectivity index (χ1v) is 9.27. The molecule has 1 amide bonds. The number of benzene rings is 2. The van der Waals surface area contributed by atoms with Crippen molar-refractivity contribution < 1.29 is 9.59 Å². The van der Waals surface area contributed by atoms with E-state index in [-0.39, 0.29) is 11.7 Å². The summed E-state index contributed by atoms with van der Waals surface area (Å²) < 4.78 is 0. The molecule has 4 rings (SSSR count). The van der Waals surface area contributed by atoms with Gasteiger partial charge in [0.2, 0.25) is 5.91 Å². The smallest absolute Gasteiger partial charge is 0.242 e. The molecule has 0 spiro atoms. The molecular weight excluding hydrogens is 330 g/mol. The van der Waals surface area contributed by atoms with Gasteiger partial charge in [-0.1, -0.05) is 60.3 Å². The molecule has 2 fully saturated rings. The minimum atomic E-state index is 0.0342. The first-order valence-electron chi connectivity index (χ1n) is 8.28. The number of ketones is 1. The Kier molecular flexibility index (Phi) is 4.28. The normalized spacial score (nSPS) is 22.2. The maximum Gasteiger partial charge on any atom is 0.242 e. The molecule has 1 aliphatic carbocycles. The van der Waals surface area contributed by atoms with Crippen LogP contribution in [0.4, 0.5) is 5.69 Å². The number of allylic oxidation sites excluding steroid dienone is 2. The SMILES string of the molecule is O=C1/C(=C\c2ccccc2)CC/C1=C1/SCC(=O)N1c1ccccc1. The number of thioether (sulfide) groups is 1. The highest BCUT2D eigenvalue weighted by molar-refractivity contribution is 8.04. The molecule has 1 saturated carbocycles. The summed E-state index contributed by atoms with van der Waals surface area (Å²) in [5.74, 6) is 0.493. The van der Waals surface area contributed by atoms with E-state index < -0.39 is 0 Å². The predicted molar refractivity (Wildman–Crippen MR) is 102 cm³/mol. The van der Waals surface area contributed by atoms with Crippen LogP contribution in [0.3, 0.4) is 0 Å². The maximum absolute atomic E-state index is 12.9. The standard InChI is InChI=1S/C21H17NO2S/c23-19-14-25-21(22(19)17-9-5-2-6-10-17)18-12-11-16(20(18)24)13-15-7-3-1-4-8-15/h1-10,13H,11-12,14H2/b16-13-,21-18-. The lowest BCUT2D eigenvalue weighted by Gasteiger charge is -2.18. The van der Waals surface area contributed by atoms with Crippen LogP contribution in [0.15, 0.2) is 76.8 Å². The molecule has 0 N–H and O–H groups in total. The maximum atomic E-state index is 12.9. The van der Waals surface area contributed by atoms with Crippen molar-refractivity contribution in [2.24, 2.45) is 0 Å². The third-order valence-corrected chi connectivity index (χ3v) is 5.50. The Hall–Kier alpha value is -2.59. The summed E-state index contributed by atoms with van der Waals surface area (Å²) in [6.45, 7) is 0. The number of anilines is 1. The quantitative estimate of drug-likeness (QED) is 0.755. The van der Waals surface area contributed by atoms with Crippen LogP contribution in [0.25, 0.3) is 6.08 Å². The average molecular weight is 347 g/mol. The van der Waals surface area contributed by atoms with Crippen LogP contribution in [0.5, 0.6) is 0 Å². The number of carbonyl (C=O) groups is 2. The van der Waals surface area contributed by atoms with Crippen LogP contribution in [0.2, 0.25) is 0 Å². The number of carbonyl (C=O) groups excluding carboxylic acids is 2. The first kappa shape index (κ1) is 15.9. The van der Waals surface area contributed by atoms with Crippen LogP contribution in [0.1, 0.15) is 18.4 Å². The molecule has 25 heavy (non-hydrogen) atoms. The number of amides is 1. The van der Waals surface area contributed by atoms with E-state index in [4.69, 9.17) is 0 Å². The van der Waals surface area contributed by atoms with Crippen molar-refractivity contribution in [1.82, 2.24) is 0 Å². The van der Waals surface area contributed by atoms with E-state index in [1.54, 1.807) is 4.90 Å². The van der Waals surface area contributed by atoms with E-state index >= 15 is 0 Å². The number of hydrogen-bond acceptors (Lipinski definition) is 3. The summed E-state index contributed by atoms with van der Waals surface area (Å²) in [6.07, 6.45) is 3.38. The molecule has 0 atom stereocenters. The van der Waals surface area contributed by atoms with Gasteiger partial charge in [-0.2, -0.15) is 0 Å². The van der Waals surface area contributed by atoms with Crippen LogP contribution in [-0.2, 0) is 9.59 Å². The molecule has 0 aromatic heterocycles. The molecular formula is C21H17NO2S. The van der Waals surface area contributed by atoms with Gasteiger partial charge in [-0.25, -0.2) is 0 Å². The first-order chi connectivity index (χ1) is 12.2. The second-order valence-corrected chi connectivity index (χ2v) is 7.01. The highest BCUT2D eigenvalue weighted by Gasteiger charge is 2.35. The Balaban J connectivity index is 1.70. The molecule has 4 heteroatoms. The number of nitrogens with zero attached hydrogens (tertiary/aromatic N) is 1. The second kappa shape index (κ2) is 6.73. The fourth-order valence-electron chi connectivity index (χ4n) is 3.21. The summed E-state index contributed by atoms with van der Waals surface area (Å²) in [4.78, 5) is 27.0. The third-order valence-electron chi connectivity index (χ3n) is 4.41. The molecule has 0 unspecified atom stereocenters. The van der Waals surface area contributed by atoms with E-state index in [1.807, 2.05) is 66.7 Å². The summed E-state index contributed by atoms with van der Waals surface area (Å²) in [5, 5.41) is 0.803. The Morgan fingerprint density at radius 2 is 1.56 bits per heavy atom. The van der Waals surface area contributed by atoms with Crippen molar-refractivity contribution in [3.05, 3.63) is 82.4 Å². The van der Waals surface area contributed by atoms with Gasteiger partial charge in [0.1, 0.15) is 0 Å². The van der Waals surface area contributed by atoms with E-state index in [1.165, 1.54) is 11.8 Å². The van der Waals surface area contributed by atoms with Gasteiger partial charge in [0.05, 0.1) is 10.8 Å². The predicted octanol–water partition coefficient (Wildman–Crippen LogP) is 4.42. The van der Waals surface area contributed by atoms with Gasteiger partial charge in [0.15, 0.2) is 5.78 Å². The van der Waals surface area contributed by atoms with E-state index in [0.717, 1.165) is 33.8 Å². The number of rotatable bonds is 2. The van der Waals surface area contributed by atoms with Gasteiger partial charge >= 0.3 is 0 Å². The zero-order valence-electron chi connectivity index (χ0n) is 13.6. The van der Waals surface area contributed by atoms with E-state index in [0.29, 0.717) is 12.2 Å². The lowest BCUT2D eigenvalue weighted by molar-refractivity contribution is -0.115. The molecule has 1 saturated heterocycles. The van der Waals surface area contributed by atoms with Crippen LogP contribution in [0, 0.1) is 0 Å². The zero-order valence-corrected chi connectivity index (χ0v) is 14.5. The molecule has 2 aromatic rings. The Morgan fingerprint density at radius 3 is 2.28 bits per heavy atom. The number of Topliss-reactive ketones (excluding diaryl/α,β-unsaturated/α-hetero) is 1. The summed E-state index contributed by atoms with van der Waals surface area (Å²) in [6, 6.07) is 19.4. The van der Waals surface area contributed by atoms with Crippen molar-refractivity contribution in [3.63, 3.8) is 0 Å². The molecule has 3 nitrogen and oxygen atoms in total. The van der Waals surface area contributed by atoms with Gasteiger partial charge in [0, 0.05) is 16.8 Å². The topological polar surface area (TPSA) is 37.4 Å². The fourth-order valence-corrected chi connectivity index (χ4v) is 4.30. The molecule has 2 aliphatic rings. The molecule has 2 aromatic carbocycles. The minimum absolute atomic E-state index is 0.0342. The largest absolute Gasteiger partial charge is 0.289 e. The monoisotopic (exact) mass is 347 g/mol. The highest BCUT2D eigenvalue weighted by Crippen LogP contribution is 2.41. The van der Waals surface area contributed by atoms with Crippen LogP contribution in [-0.4, -0.2) is 17.4 Å². The Bertz CT molecular complexity index is 885. The molecule has 0 bridgehead atoms. The molecule has 124 valence electrons. The van der Waals surface area contributed by atoms with Gasteiger partial charge < -0.3 is 0 Å². The van der Waals surface area contributed by atoms with Crippen LogP contribution < -0.4 is 4.90 Å². The Morgan fingerprint density at radius 1 is 0.880 bits per heavy atom. The summed E-state index contributed by atoms with van der Waals surface area (Å²) in [5.41, 5.74) is 3.45. The lowest BCUT2D eigenvalue weighted by Crippen LogP contribution is -2.25. The minimum Gasteiger partial charge on any atom is -0.289 e. The van der Waals surface area contributed by atoms with Crippen molar-refractivity contribution in [2.45, 2.75) is 12.8 Å². The van der Waals surface area contributed by atoms with Gasteiger partial charge in [-0.05, 0) is 36.6 Å². The van der Waals surface area contributed by atoms with Gasteiger partial charge in [-0.3, -0.25) is 14.5 Å². The van der Waals surface area contributed by atoms with Crippen molar-refractivity contribution in [2.75, 3.05) is 10.7 Å². The third kappa shape index (κ3) is 3.05. The summed E-state index contributed by atoms with van der Waals surface area (Å²) >= 11 is 1.47. The van der Waals surface area contributed by atoms with E-state index in [2.05, 4.69) is 0 Å².